The summed E-state index contributed by atoms with van der Waals surface area (Å²) in [6.07, 6.45) is -1.12. The lowest BCUT2D eigenvalue weighted by molar-refractivity contribution is -0.140. The van der Waals surface area contributed by atoms with Crippen molar-refractivity contribution in [3.63, 3.8) is 0 Å². The van der Waals surface area contributed by atoms with E-state index in [0.717, 1.165) is 49.6 Å². The van der Waals surface area contributed by atoms with Gasteiger partial charge < -0.3 is 15.0 Å². The fraction of sp³-hybridized carbons (Fsp3) is 0.455. The third-order valence-electron chi connectivity index (χ3n) is 6.42. The molecule has 0 radical (unpaired) electrons. The standard InChI is InChI=1S/C22H23F4N7O/c1-12-7-18(28-11-27-12)33-9-13-3-4-14(10-33)19(13)29-20-30-21(32(2)31-20)34-15-5-6-17(23)16(8-15)22(24,25)26/h5-8,11,13-14,19H,3-4,9-10H2,1-2H3,(H,29,31)/t13-,14+,19+. The van der Waals surface area contributed by atoms with Crippen LogP contribution in [0.2, 0.25) is 0 Å². The van der Waals surface area contributed by atoms with E-state index in [9.17, 15) is 17.6 Å². The SMILES string of the molecule is Cc1cc(N2C[C@H]3CC[C@@H](C2)[C@H]3Nc2nc(Oc3ccc(F)c(C(F)(F)F)c3)n(C)n2)ncn1. The molecule has 3 aromatic rings. The van der Waals surface area contributed by atoms with Gasteiger partial charge in [-0.25, -0.2) is 19.0 Å². The Morgan fingerprint density at radius 1 is 1.09 bits per heavy atom. The summed E-state index contributed by atoms with van der Waals surface area (Å²) in [6.45, 7) is 3.63. The van der Waals surface area contributed by atoms with Gasteiger partial charge in [0.25, 0.3) is 0 Å². The number of benzene rings is 1. The first-order chi connectivity index (χ1) is 16.2. The zero-order valence-corrected chi connectivity index (χ0v) is 18.6. The smallest absolute Gasteiger partial charge is 0.419 e. The van der Waals surface area contributed by atoms with E-state index in [1.165, 1.54) is 4.68 Å². The van der Waals surface area contributed by atoms with Crippen LogP contribution in [0.4, 0.5) is 29.3 Å². The second-order valence-corrected chi connectivity index (χ2v) is 8.77. The zero-order chi connectivity index (χ0) is 24.0. The molecular weight excluding hydrogens is 454 g/mol. The van der Waals surface area contributed by atoms with E-state index in [-0.39, 0.29) is 17.8 Å². The molecule has 2 aliphatic rings. The van der Waals surface area contributed by atoms with Crippen LogP contribution in [0.5, 0.6) is 11.8 Å². The topological polar surface area (TPSA) is 81.0 Å². The summed E-state index contributed by atoms with van der Waals surface area (Å²) in [6, 6.07) is 4.61. The lowest BCUT2D eigenvalue weighted by Gasteiger charge is -2.38. The molecule has 1 aromatic carbocycles. The molecule has 1 N–H and O–H groups in total. The number of ether oxygens (including phenoxy) is 1. The number of piperidine rings is 1. The molecule has 5 rings (SSSR count). The lowest BCUT2D eigenvalue weighted by Crippen LogP contribution is -2.48. The Kier molecular flexibility index (Phi) is 5.53. The fourth-order valence-corrected chi connectivity index (χ4v) is 4.82. The average Bonchev–Trinajstić information content (AvgIpc) is 3.21. The summed E-state index contributed by atoms with van der Waals surface area (Å²) in [5.74, 6) is 0.460. The van der Waals surface area contributed by atoms with E-state index in [1.54, 1.807) is 13.4 Å². The molecule has 0 unspecified atom stereocenters. The van der Waals surface area contributed by atoms with Crippen LogP contribution in [0.3, 0.4) is 0 Å². The second kappa shape index (κ2) is 8.41. The number of halogens is 4. The van der Waals surface area contributed by atoms with Crippen LogP contribution in [0.25, 0.3) is 0 Å². The number of alkyl halides is 3. The molecule has 2 aromatic heterocycles. The number of fused-ring (bicyclic) bond motifs is 2. The molecule has 8 nitrogen and oxygen atoms in total. The Morgan fingerprint density at radius 3 is 2.50 bits per heavy atom. The normalized spacial score (nSPS) is 22.2. The van der Waals surface area contributed by atoms with Gasteiger partial charge in [0.05, 0.1) is 5.56 Å². The first-order valence-corrected chi connectivity index (χ1v) is 10.9. The molecule has 180 valence electrons. The molecule has 3 heterocycles. The van der Waals surface area contributed by atoms with Crippen molar-refractivity contribution in [3.05, 3.63) is 47.7 Å². The van der Waals surface area contributed by atoms with Crippen molar-refractivity contribution in [3.8, 4) is 11.8 Å². The van der Waals surface area contributed by atoms with Crippen molar-refractivity contribution in [2.24, 2.45) is 18.9 Å². The van der Waals surface area contributed by atoms with Gasteiger partial charge in [0.15, 0.2) is 0 Å². The number of hydrogen-bond acceptors (Lipinski definition) is 7. The number of nitrogens with zero attached hydrogens (tertiary/aromatic N) is 6. The molecule has 34 heavy (non-hydrogen) atoms. The van der Waals surface area contributed by atoms with Gasteiger partial charge in [-0.05, 0) is 49.8 Å². The van der Waals surface area contributed by atoms with E-state index in [1.807, 2.05) is 13.0 Å². The molecular formula is C22H23F4N7O. The van der Waals surface area contributed by atoms with E-state index >= 15 is 0 Å². The summed E-state index contributed by atoms with van der Waals surface area (Å²) in [5, 5.41) is 7.71. The Hall–Kier alpha value is -3.44. The van der Waals surface area contributed by atoms with Gasteiger partial charge in [0, 0.05) is 37.9 Å². The highest BCUT2D eigenvalue weighted by Crippen LogP contribution is 2.40. The summed E-state index contributed by atoms with van der Waals surface area (Å²) < 4.78 is 59.4. The number of hydrogen-bond donors (Lipinski definition) is 1. The number of aryl methyl sites for hydroxylation is 2. The Morgan fingerprint density at radius 2 is 1.82 bits per heavy atom. The third kappa shape index (κ3) is 4.36. The molecule has 1 aliphatic carbocycles. The molecule has 2 fully saturated rings. The van der Waals surface area contributed by atoms with Crippen molar-refractivity contribution in [2.45, 2.75) is 32.0 Å². The average molecular weight is 477 g/mol. The van der Waals surface area contributed by atoms with E-state index in [0.29, 0.717) is 23.9 Å². The molecule has 2 bridgehead atoms. The monoisotopic (exact) mass is 477 g/mol. The Bertz CT molecular complexity index is 1180. The Labute approximate surface area is 193 Å². The minimum absolute atomic E-state index is 0.00322. The van der Waals surface area contributed by atoms with Crippen LogP contribution in [-0.2, 0) is 13.2 Å². The summed E-state index contributed by atoms with van der Waals surface area (Å²) >= 11 is 0. The summed E-state index contributed by atoms with van der Waals surface area (Å²) in [7, 11) is 1.58. The van der Waals surface area contributed by atoms with Gasteiger partial charge in [-0.1, -0.05) is 0 Å². The van der Waals surface area contributed by atoms with Crippen LogP contribution < -0.4 is 15.0 Å². The van der Waals surface area contributed by atoms with Gasteiger partial charge in [-0.15, -0.1) is 5.10 Å². The molecule has 3 atom stereocenters. The maximum absolute atomic E-state index is 13.6. The maximum Gasteiger partial charge on any atom is 0.419 e. The van der Waals surface area contributed by atoms with E-state index in [4.69, 9.17) is 4.74 Å². The van der Waals surface area contributed by atoms with Crippen LogP contribution >= 0.6 is 0 Å². The van der Waals surface area contributed by atoms with Crippen molar-refractivity contribution in [2.75, 3.05) is 23.3 Å². The number of nitrogens with one attached hydrogen (secondary N) is 1. The van der Waals surface area contributed by atoms with Crippen LogP contribution in [-0.4, -0.2) is 43.9 Å². The van der Waals surface area contributed by atoms with Crippen LogP contribution in [0.1, 0.15) is 24.1 Å². The highest BCUT2D eigenvalue weighted by molar-refractivity contribution is 5.42. The highest BCUT2D eigenvalue weighted by atomic mass is 19.4. The minimum atomic E-state index is -4.82. The lowest BCUT2D eigenvalue weighted by atomic mass is 9.92. The molecule has 0 amide bonds. The van der Waals surface area contributed by atoms with Crippen LogP contribution in [0.15, 0.2) is 30.6 Å². The molecule has 0 spiro atoms. The van der Waals surface area contributed by atoms with Gasteiger partial charge >= 0.3 is 12.2 Å². The van der Waals surface area contributed by atoms with E-state index < -0.39 is 17.6 Å². The van der Waals surface area contributed by atoms with Gasteiger partial charge in [-0.2, -0.15) is 18.2 Å². The number of rotatable bonds is 5. The van der Waals surface area contributed by atoms with Crippen molar-refractivity contribution >= 4 is 11.8 Å². The predicted molar refractivity (Wildman–Crippen MR) is 115 cm³/mol. The maximum atomic E-state index is 13.6. The largest absolute Gasteiger partial charge is 0.424 e. The van der Waals surface area contributed by atoms with Gasteiger partial charge in [-0.3, -0.25) is 0 Å². The zero-order valence-electron chi connectivity index (χ0n) is 18.6. The first-order valence-electron chi connectivity index (χ1n) is 10.9. The molecule has 1 saturated carbocycles. The van der Waals surface area contributed by atoms with Crippen molar-refractivity contribution in [1.29, 1.82) is 0 Å². The van der Waals surface area contributed by atoms with Crippen LogP contribution in [0, 0.1) is 24.6 Å². The summed E-state index contributed by atoms with van der Waals surface area (Å²) in [4.78, 5) is 15.2. The van der Waals surface area contributed by atoms with Crippen molar-refractivity contribution < 1.29 is 22.3 Å². The molecule has 12 heteroatoms. The molecule has 1 aliphatic heterocycles. The first kappa shape index (κ1) is 22.4. The van der Waals surface area contributed by atoms with Gasteiger partial charge in [0.1, 0.15) is 23.7 Å². The van der Waals surface area contributed by atoms with Gasteiger partial charge in [0.2, 0.25) is 5.95 Å². The molecule has 1 saturated heterocycles. The predicted octanol–water partition coefficient (Wildman–Crippen LogP) is 4.19. The van der Waals surface area contributed by atoms with Crippen molar-refractivity contribution in [1.82, 2.24) is 24.7 Å². The number of aromatic nitrogens is 5. The second-order valence-electron chi connectivity index (χ2n) is 8.77. The Balaban J connectivity index is 1.28. The fourth-order valence-electron chi connectivity index (χ4n) is 4.82. The third-order valence-corrected chi connectivity index (χ3v) is 6.42. The highest BCUT2D eigenvalue weighted by Gasteiger charge is 2.43. The number of anilines is 2. The minimum Gasteiger partial charge on any atom is -0.424 e. The summed E-state index contributed by atoms with van der Waals surface area (Å²) in [5.41, 5.74) is -0.473. The van der Waals surface area contributed by atoms with E-state index in [2.05, 4.69) is 30.3 Å². The quantitative estimate of drug-likeness (QED) is 0.552.